The van der Waals surface area contributed by atoms with Gasteiger partial charge in [0.2, 0.25) is 0 Å². The zero-order chi connectivity index (χ0) is 12.1. The number of aryl methyl sites for hydroxylation is 2. The van der Waals surface area contributed by atoms with Crippen LogP contribution >= 0.6 is 0 Å². The predicted octanol–water partition coefficient (Wildman–Crippen LogP) is 2.57. The van der Waals surface area contributed by atoms with Crippen LogP contribution in [0.15, 0.2) is 48.7 Å². The smallest absolute Gasteiger partial charge is 0.354 e. The van der Waals surface area contributed by atoms with Crippen molar-refractivity contribution in [2.75, 3.05) is 0 Å². The van der Waals surface area contributed by atoms with Crippen LogP contribution in [0, 0.1) is 0 Å². The van der Waals surface area contributed by atoms with Crippen LogP contribution in [0.5, 0.6) is 0 Å². The highest BCUT2D eigenvalue weighted by Gasteiger charge is 2.10. The molecule has 1 aromatic heterocycles. The van der Waals surface area contributed by atoms with Gasteiger partial charge in [-0.05, 0) is 30.0 Å². The molecule has 2 rings (SSSR count). The van der Waals surface area contributed by atoms with Gasteiger partial charge in [-0.3, -0.25) is 0 Å². The summed E-state index contributed by atoms with van der Waals surface area (Å²) in [6, 6.07) is 13.6. The molecule has 0 bridgehead atoms. The van der Waals surface area contributed by atoms with Crippen molar-refractivity contribution in [3.63, 3.8) is 0 Å². The van der Waals surface area contributed by atoms with Crippen LogP contribution in [0.4, 0.5) is 0 Å². The molecule has 1 heterocycles. The molecule has 0 amide bonds. The first-order chi connectivity index (χ1) is 8.27. The summed E-state index contributed by atoms with van der Waals surface area (Å²) in [6.45, 7) is 0. The summed E-state index contributed by atoms with van der Waals surface area (Å²) in [6.07, 6.45) is 3.03. The molecule has 0 unspecified atom stereocenters. The number of hydrogen-bond acceptors (Lipinski definition) is 2. The molecule has 0 aliphatic carbocycles. The molecule has 3 nitrogen and oxygen atoms in total. The van der Waals surface area contributed by atoms with Crippen molar-refractivity contribution in [2.45, 2.75) is 12.8 Å². The van der Waals surface area contributed by atoms with Crippen molar-refractivity contribution in [2.24, 2.45) is 0 Å². The first kappa shape index (κ1) is 11.3. The van der Waals surface area contributed by atoms with Gasteiger partial charge in [-0.1, -0.05) is 36.4 Å². The van der Waals surface area contributed by atoms with E-state index in [4.69, 9.17) is 5.11 Å². The van der Waals surface area contributed by atoms with Crippen LogP contribution < -0.4 is 0 Å². The summed E-state index contributed by atoms with van der Waals surface area (Å²) in [5, 5.41) is 9.00. The van der Waals surface area contributed by atoms with Crippen LogP contribution in [-0.2, 0) is 12.8 Å². The maximum absolute atomic E-state index is 11.0. The number of benzene rings is 1. The Kier molecular flexibility index (Phi) is 3.50. The van der Waals surface area contributed by atoms with E-state index in [0.29, 0.717) is 6.42 Å². The van der Waals surface area contributed by atoms with Crippen LogP contribution in [-0.4, -0.2) is 16.1 Å². The minimum atomic E-state index is -0.964. The first-order valence-corrected chi connectivity index (χ1v) is 5.48. The maximum atomic E-state index is 11.0. The molecular weight excluding hydrogens is 214 g/mol. The first-order valence-electron chi connectivity index (χ1n) is 5.48. The van der Waals surface area contributed by atoms with E-state index in [1.54, 1.807) is 6.07 Å². The van der Waals surface area contributed by atoms with Gasteiger partial charge < -0.3 is 5.11 Å². The Hall–Kier alpha value is -2.16. The largest absolute Gasteiger partial charge is 0.477 e. The molecule has 1 N–H and O–H groups in total. The van der Waals surface area contributed by atoms with Gasteiger partial charge in [0.15, 0.2) is 5.69 Å². The second-order valence-electron chi connectivity index (χ2n) is 3.80. The number of aromatic carboxylic acids is 1. The highest BCUT2D eigenvalue weighted by atomic mass is 16.4. The van der Waals surface area contributed by atoms with Gasteiger partial charge in [0.05, 0.1) is 0 Å². The summed E-state index contributed by atoms with van der Waals surface area (Å²) in [4.78, 5) is 14.9. The molecule has 2 aromatic rings. The summed E-state index contributed by atoms with van der Waals surface area (Å²) >= 11 is 0. The third-order valence-corrected chi connectivity index (χ3v) is 2.62. The Morgan fingerprint density at radius 1 is 1.06 bits per heavy atom. The minimum Gasteiger partial charge on any atom is -0.477 e. The molecule has 0 radical (unpaired) electrons. The van der Waals surface area contributed by atoms with Crippen molar-refractivity contribution >= 4 is 5.97 Å². The van der Waals surface area contributed by atoms with E-state index in [0.717, 1.165) is 12.0 Å². The summed E-state index contributed by atoms with van der Waals surface area (Å²) in [5.41, 5.74) is 2.14. The van der Waals surface area contributed by atoms with Crippen LogP contribution in [0.1, 0.15) is 21.6 Å². The van der Waals surface area contributed by atoms with Gasteiger partial charge in [0.25, 0.3) is 0 Å². The molecule has 1 aromatic carbocycles. The van der Waals surface area contributed by atoms with Crippen molar-refractivity contribution < 1.29 is 9.90 Å². The lowest BCUT2D eigenvalue weighted by Gasteiger charge is -2.04. The number of aromatic nitrogens is 1. The normalized spacial score (nSPS) is 10.1. The number of carbonyl (C=O) groups is 1. The number of nitrogens with zero attached hydrogens (tertiary/aromatic N) is 1. The van der Waals surface area contributed by atoms with E-state index in [-0.39, 0.29) is 5.69 Å². The molecule has 0 fully saturated rings. The number of carboxylic acids is 1. The quantitative estimate of drug-likeness (QED) is 0.873. The standard InChI is InChI=1S/C14H13NO2/c16-14(17)13-12(7-4-10-15-13)9-8-11-5-2-1-3-6-11/h1-7,10H,8-9H2,(H,16,17). The Balaban J connectivity index is 2.12. The molecule has 0 atom stereocenters. The fourth-order valence-corrected chi connectivity index (χ4v) is 1.76. The van der Waals surface area contributed by atoms with Gasteiger partial charge in [-0.2, -0.15) is 0 Å². The molecule has 0 saturated heterocycles. The fraction of sp³-hybridized carbons (Fsp3) is 0.143. The third kappa shape index (κ3) is 2.91. The van der Waals surface area contributed by atoms with Crippen LogP contribution in [0.3, 0.4) is 0 Å². The summed E-state index contributed by atoms with van der Waals surface area (Å²) in [5.74, 6) is -0.964. The van der Waals surface area contributed by atoms with Crippen molar-refractivity contribution in [3.8, 4) is 0 Å². The SMILES string of the molecule is O=C(O)c1ncccc1CCc1ccccc1. The third-order valence-electron chi connectivity index (χ3n) is 2.62. The molecule has 17 heavy (non-hydrogen) atoms. The van der Waals surface area contributed by atoms with E-state index < -0.39 is 5.97 Å². The van der Waals surface area contributed by atoms with Crippen LogP contribution in [0.25, 0.3) is 0 Å². The second kappa shape index (κ2) is 5.25. The average molecular weight is 227 g/mol. The van der Waals surface area contributed by atoms with Crippen LogP contribution in [0.2, 0.25) is 0 Å². The molecule has 86 valence electrons. The van der Waals surface area contributed by atoms with E-state index in [2.05, 4.69) is 4.98 Å². The number of carboxylic acid groups (broad SMARTS) is 1. The summed E-state index contributed by atoms with van der Waals surface area (Å²) < 4.78 is 0. The van der Waals surface area contributed by atoms with Gasteiger partial charge in [-0.25, -0.2) is 9.78 Å². The lowest BCUT2D eigenvalue weighted by molar-refractivity contribution is 0.0689. The van der Waals surface area contributed by atoms with Crippen molar-refractivity contribution in [3.05, 3.63) is 65.5 Å². The number of pyridine rings is 1. The molecular formula is C14H13NO2. The van der Waals surface area contributed by atoms with E-state index >= 15 is 0 Å². The molecule has 0 aliphatic rings. The molecule has 0 aliphatic heterocycles. The van der Waals surface area contributed by atoms with Crippen molar-refractivity contribution in [1.82, 2.24) is 4.98 Å². The monoisotopic (exact) mass is 227 g/mol. The number of rotatable bonds is 4. The van der Waals surface area contributed by atoms with Crippen molar-refractivity contribution in [1.29, 1.82) is 0 Å². The van der Waals surface area contributed by atoms with E-state index in [1.165, 1.54) is 11.8 Å². The zero-order valence-electron chi connectivity index (χ0n) is 9.34. The fourth-order valence-electron chi connectivity index (χ4n) is 1.76. The average Bonchev–Trinajstić information content (AvgIpc) is 2.38. The highest BCUT2D eigenvalue weighted by Crippen LogP contribution is 2.10. The Morgan fingerprint density at radius 3 is 2.53 bits per heavy atom. The lowest BCUT2D eigenvalue weighted by Crippen LogP contribution is -2.06. The summed E-state index contributed by atoms with van der Waals surface area (Å²) in [7, 11) is 0. The Bertz CT molecular complexity index is 509. The van der Waals surface area contributed by atoms with E-state index in [9.17, 15) is 4.79 Å². The topological polar surface area (TPSA) is 50.2 Å². The molecule has 0 spiro atoms. The Morgan fingerprint density at radius 2 is 1.82 bits per heavy atom. The second-order valence-corrected chi connectivity index (χ2v) is 3.80. The van der Waals surface area contributed by atoms with Gasteiger partial charge in [-0.15, -0.1) is 0 Å². The highest BCUT2D eigenvalue weighted by molar-refractivity contribution is 5.86. The minimum absolute atomic E-state index is 0.156. The van der Waals surface area contributed by atoms with E-state index in [1.807, 2.05) is 36.4 Å². The van der Waals surface area contributed by atoms with Gasteiger partial charge in [0, 0.05) is 6.20 Å². The lowest BCUT2D eigenvalue weighted by atomic mass is 10.0. The molecule has 0 saturated carbocycles. The Labute approximate surface area is 99.8 Å². The van der Waals surface area contributed by atoms with Gasteiger partial charge >= 0.3 is 5.97 Å². The zero-order valence-corrected chi connectivity index (χ0v) is 9.34. The van der Waals surface area contributed by atoms with Gasteiger partial charge in [0.1, 0.15) is 0 Å². The number of hydrogen-bond donors (Lipinski definition) is 1. The predicted molar refractivity (Wildman–Crippen MR) is 65.0 cm³/mol. The maximum Gasteiger partial charge on any atom is 0.354 e. The molecule has 3 heteroatoms.